The van der Waals surface area contributed by atoms with Crippen LogP contribution in [0.2, 0.25) is 0 Å². The number of hydrogen-bond donors (Lipinski definition) is 0. The summed E-state index contributed by atoms with van der Waals surface area (Å²) in [7, 11) is -1.97. The van der Waals surface area contributed by atoms with Gasteiger partial charge in [-0.05, 0) is 43.7 Å². The summed E-state index contributed by atoms with van der Waals surface area (Å²) in [5, 5.41) is 0. The van der Waals surface area contributed by atoms with E-state index in [0.29, 0.717) is 18.7 Å². The Morgan fingerprint density at radius 3 is 2.31 bits per heavy atom. The van der Waals surface area contributed by atoms with Gasteiger partial charge in [-0.3, -0.25) is 4.31 Å². The van der Waals surface area contributed by atoms with Crippen molar-refractivity contribution in [1.29, 1.82) is 0 Å². The Kier molecular flexibility index (Phi) is 5.23. The van der Waals surface area contributed by atoms with E-state index in [-0.39, 0.29) is 11.0 Å². The molecule has 0 fully saturated rings. The van der Waals surface area contributed by atoms with Gasteiger partial charge >= 0.3 is 0 Å². The molecule has 2 aromatic rings. The number of hydrogen-bond acceptors (Lipinski definition) is 4. The van der Waals surface area contributed by atoms with Crippen LogP contribution in [0.4, 0.5) is 0 Å². The highest BCUT2D eigenvalue weighted by Crippen LogP contribution is 2.30. The third-order valence-corrected chi connectivity index (χ3v) is 6.15. The van der Waals surface area contributed by atoms with Crippen LogP contribution >= 0.6 is 0 Å². The molecule has 1 unspecified atom stereocenters. The number of rotatable bonds is 4. The molecule has 1 aliphatic heterocycles. The Balaban J connectivity index is 1.82. The number of sulfonamides is 1. The van der Waals surface area contributed by atoms with Crippen molar-refractivity contribution in [2.45, 2.75) is 31.3 Å². The van der Waals surface area contributed by atoms with Crippen LogP contribution in [0.25, 0.3) is 0 Å². The molecule has 1 heterocycles. The van der Waals surface area contributed by atoms with Gasteiger partial charge in [0.15, 0.2) is 0 Å². The van der Waals surface area contributed by atoms with E-state index in [1.54, 1.807) is 44.5 Å². The predicted molar refractivity (Wildman–Crippen MR) is 100 cm³/mol. The van der Waals surface area contributed by atoms with Crippen molar-refractivity contribution in [3.05, 3.63) is 71.6 Å². The van der Waals surface area contributed by atoms with E-state index >= 15 is 0 Å². The van der Waals surface area contributed by atoms with E-state index in [1.165, 1.54) is 4.31 Å². The SMILES string of the molecule is COc1ccc(C2CCN(S(=O)(=O)c3ccc(C)cc3)C=C(C)O2)cc1. The minimum Gasteiger partial charge on any atom is -0.497 e. The van der Waals surface area contributed by atoms with Crippen LogP contribution in [0.5, 0.6) is 5.75 Å². The summed E-state index contributed by atoms with van der Waals surface area (Å²) in [6.07, 6.45) is 1.93. The lowest BCUT2D eigenvalue weighted by Gasteiger charge is -2.20. The summed E-state index contributed by atoms with van der Waals surface area (Å²) in [6, 6.07) is 14.5. The Hall–Kier alpha value is -2.47. The van der Waals surface area contributed by atoms with Crippen molar-refractivity contribution >= 4 is 10.0 Å². The van der Waals surface area contributed by atoms with Crippen LogP contribution in [-0.2, 0) is 14.8 Å². The van der Waals surface area contributed by atoms with Gasteiger partial charge in [0.25, 0.3) is 10.0 Å². The molecular formula is C20H23NO4S. The Morgan fingerprint density at radius 2 is 1.69 bits per heavy atom. The van der Waals surface area contributed by atoms with Crippen molar-refractivity contribution in [1.82, 2.24) is 4.31 Å². The van der Waals surface area contributed by atoms with Crippen LogP contribution in [0, 0.1) is 6.92 Å². The largest absolute Gasteiger partial charge is 0.497 e. The first-order valence-electron chi connectivity index (χ1n) is 8.47. The Bertz CT molecular complexity index is 886. The summed E-state index contributed by atoms with van der Waals surface area (Å²) in [6.45, 7) is 4.06. The lowest BCUT2D eigenvalue weighted by Crippen LogP contribution is -2.27. The highest BCUT2D eigenvalue weighted by molar-refractivity contribution is 7.89. The first-order valence-corrected chi connectivity index (χ1v) is 9.92. The molecule has 0 bridgehead atoms. The standard InChI is InChI=1S/C20H23NO4S/c1-15-4-10-19(11-5-15)26(22,23)21-13-12-20(25-16(2)14-21)17-6-8-18(24-3)9-7-17/h4-11,14,20H,12-13H2,1-3H3. The summed E-state index contributed by atoms with van der Waals surface area (Å²) in [4.78, 5) is 0.287. The highest BCUT2D eigenvalue weighted by Gasteiger charge is 2.27. The highest BCUT2D eigenvalue weighted by atomic mass is 32.2. The molecule has 0 saturated carbocycles. The van der Waals surface area contributed by atoms with Gasteiger partial charge in [0, 0.05) is 13.0 Å². The van der Waals surface area contributed by atoms with Gasteiger partial charge in [-0.15, -0.1) is 0 Å². The number of allylic oxidation sites excluding steroid dienone is 1. The first-order chi connectivity index (χ1) is 12.4. The fourth-order valence-electron chi connectivity index (χ4n) is 2.91. The normalized spacial score (nSPS) is 17.9. The zero-order chi connectivity index (χ0) is 18.7. The van der Waals surface area contributed by atoms with Gasteiger partial charge in [0.2, 0.25) is 0 Å². The molecule has 0 N–H and O–H groups in total. The number of aryl methyl sites for hydroxylation is 1. The van der Waals surface area contributed by atoms with Crippen LogP contribution in [0.1, 0.15) is 30.6 Å². The van der Waals surface area contributed by atoms with E-state index in [4.69, 9.17) is 9.47 Å². The van der Waals surface area contributed by atoms with E-state index < -0.39 is 10.0 Å². The lowest BCUT2D eigenvalue weighted by atomic mass is 10.1. The molecule has 5 nitrogen and oxygen atoms in total. The van der Waals surface area contributed by atoms with Gasteiger partial charge in [-0.1, -0.05) is 29.8 Å². The predicted octanol–water partition coefficient (Wildman–Crippen LogP) is 4.02. The average Bonchev–Trinajstić information content (AvgIpc) is 2.84. The van der Waals surface area contributed by atoms with Crippen LogP contribution in [0.15, 0.2) is 65.4 Å². The molecule has 0 aliphatic carbocycles. The van der Waals surface area contributed by atoms with Crippen molar-refractivity contribution < 1.29 is 17.9 Å². The molecule has 0 spiro atoms. The van der Waals surface area contributed by atoms with Gasteiger partial charge in [0.1, 0.15) is 17.6 Å². The maximum atomic E-state index is 12.9. The fourth-order valence-corrected chi connectivity index (χ4v) is 4.30. The molecule has 1 aliphatic rings. The van der Waals surface area contributed by atoms with Crippen LogP contribution < -0.4 is 4.74 Å². The van der Waals surface area contributed by atoms with Crippen molar-refractivity contribution in [2.24, 2.45) is 0 Å². The topological polar surface area (TPSA) is 55.8 Å². The van der Waals surface area contributed by atoms with Crippen LogP contribution in [0.3, 0.4) is 0 Å². The van der Waals surface area contributed by atoms with E-state index in [2.05, 4.69) is 0 Å². The molecule has 3 rings (SSSR count). The minimum atomic E-state index is -3.59. The molecule has 0 amide bonds. The van der Waals surface area contributed by atoms with Crippen molar-refractivity contribution in [2.75, 3.05) is 13.7 Å². The third-order valence-electron chi connectivity index (χ3n) is 4.38. The van der Waals surface area contributed by atoms with Crippen LogP contribution in [-0.4, -0.2) is 26.4 Å². The quantitative estimate of drug-likeness (QED) is 0.812. The van der Waals surface area contributed by atoms with Gasteiger partial charge in [-0.2, -0.15) is 0 Å². The van der Waals surface area contributed by atoms with Gasteiger partial charge in [-0.25, -0.2) is 8.42 Å². The summed E-state index contributed by atoms with van der Waals surface area (Å²) >= 11 is 0. The molecule has 2 aromatic carbocycles. The summed E-state index contributed by atoms with van der Waals surface area (Å²) < 4.78 is 38.4. The molecular weight excluding hydrogens is 350 g/mol. The molecule has 6 heteroatoms. The second kappa shape index (κ2) is 7.41. The third kappa shape index (κ3) is 3.85. The lowest BCUT2D eigenvalue weighted by molar-refractivity contribution is 0.116. The summed E-state index contributed by atoms with van der Waals surface area (Å²) in [5.41, 5.74) is 2.02. The zero-order valence-corrected chi connectivity index (χ0v) is 16.0. The number of nitrogens with zero attached hydrogens (tertiary/aromatic N) is 1. The van der Waals surface area contributed by atoms with Crippen molar-refractivity contribution in [3.8, 4) is 5.75 Å². The zero-order valence-electron chi connectivity index (χ0n) is 15.2. The smallest absolute Gasteiger partial charge is 0.263 e. The van der Waals surface area contributed by atoms with Gasteiger partial charge < -0.3 is 9.47 Å². The van der Waals surface area contributed by atoms with E-state index in [1.807, 2.05) is 31.2 Å². The molecule has 138 valence electrons. The monoisotopic (exact) mass is 373 g/mol. The number of ether oxygens (including phenoxy) is 2. The summed E-state index contributed by atoms with van der Waals surface area (Å²) in [5.74, 6) is 1.34. The molecule has 1 atom stereocenters. The number of methoxy groups -OCH3 is 1. The second-order valence-corrected chi connectivity index (χ2v) is 8.23. The molecule has 0 saturated heterocycles. The maximum Gasteiger partial charge on any atom is 0.263 e. The van der Waals surface area contributed by atoms with Gasteiger partial charge in [0.05, 0.1) is 18.2 Å². The second-order valence-electron chi connectivity index (χ2n) is 6.34. The molecule has 0 radical (unpaired) electrons. The Labute approximate surface area is 154 Å². The van der Waals surface area contributed by atoms with E-state index in [0.717, 1.165) is 16.9 Å². The fraction of sp³-hybridized carbons (Fsp3) is 0.300. The average molecular weight is 373 g/mol. The minimum absolute atomic E-state index is 0.199. The maximum absolute atomic E-state index is 12.9. The van der Waals surface area contributed by atoms with Crippen molar-refractivity contribution in [3.63, 3.8) is 0 Å². The van der Waals surface area contributed by atoms with E-state index in [9.17, 15) is 8.42 Å². The molecule has 26 heavy (non-hydrogen) atoms. The number of benzene rings is 2. The Morgan fingerprint density at radius 1 is 1.04 bits per heavy atom. The molecule has 0 aromatic heterocycles. The first kappa shape index (κ1) is 18.3.